The average Bonchev–Trinajstić information content (AvgIpc) is 2.68. The molecule has 0 saturated heterocycles. The molecule has 3 heteroatoms. The number of benzene rings is 3. The number of amides is 1. The highest BCUT2D eigenvalue weighted by atomic mass is 16.5. The van der Waals surface area contributed by atoms with Gasteiger partial charge in [-0.1, -0.05) is 60.2 Å². The Kier molecular flexibility index (Phi) is 5.49. The minimum Gasteiger partial charge on any atom is -0.497 e. The van der Waals surface area contributed by atoms with Crippen LogP contribution in [0, 0.1) is 6.92 Å². The fraction of sp³-hybridized carbons (Fsp3) is 0.0870. The number of aryl methyl sites for hydroxylation is 1. The topological polar surface area (TPSA) is 38.3 Å². The summed E-state index contributed by atoms with van der Waals surface area (Å²) in [5, 5.41) is 2.96. The van der Waals surface area contributed by atoms with Crippen LogP contribution in [0.1, 0.15) is 16.7 Å². The minimum atomic E-state index is -0.150. The highest BCUT2D eigenvalue weighted by Crippen LogP contribution is 2.22. The molecule has 3 aromatic carbocycles. The summed E-state index contributed by atoms with van der Waals surface area (Å²) in [6, 6.07) is 25.1. The summed E-state index contributed by atoms with van der Waals surface area (Å²) in [5.41, 5.74) is 4.36. The molecule has 0 aliphatic rings. The molecule has 0 bridgehead atoms. The van der Waals surface area contributed by atoms with Gasteiger partial charge in [0, 0.05) is 11.3 Å². The molecule has 1 N–H and O–H groups in total. The summed E-state index contributed by atoms with van der Waals surface area (Å²) in [5.74, 6) is 0.601. The molecule has 0 heterocycles. The van der Waals surface area contributed by atoms with Crippen molar-refractivity contribution in [3.05, 3.63) is 95.6 Å². The number of rotatable bonds is 5. The van der Waals surface area contributed by atoms with Crippen molar-refractivity contribution in [1.82, 2.24) is 0 Å². The monoisotopic (exact) mass is 343 g/mol. The Morgan fingerprint density at radius 3 is 2.15 bits per heavy atom. The predicted molar refractivity (Wildman–Crippen MR) is 107 cm³/mol. The summed E-state index contributed by atoms with van der Waals surface area (Å²) < 4.78 is 5.16. The molecule has 3 rings (SSSR count). The van der Waals surface area contributed by atoms with Crippen LogP contribution in [0.4, 0.5) is 5.69 Å². The second-order valence-electron chi connectivity index (χ2n) is 6.02. The van der Waals surface area contributed by atoms with Gasteiger partial charge in [-0.15, -0.1) is 0 Å². The van der Waals surface area contributed by atoms with Gasteiger partial charge in [0.15, 0.2) is 0 Å². The first-order valence-electron chi connectivity index (χ1n) is 8.45. The third-order valence-corrected chi connectivity index (χ3v) is 4.07. The lowest BCUT2D eigenvalue weighted by Gasteiger charge is -2.11. The van der Waals surface area contributed by atoms with E-state index < -0.39 is 0 Å². The Morgan fingerprint density at radius 2 is 1.54 bits per heavy atom. The first-order chi connectivity index (χ1) is 12.7. The molecule has 1 amide bonds. The zero-order chi connectivity index (χ0) is 18.4. The lowest BCUT2D eigenvalue weighted by atomic mass is 10.0. The second kappa shape index (κ2) is 8.17. The van der Waals surface area contributed by atoms with Crippen molar-refractivity contribution in [3.8, 4) is 5.75 Å². The number of ether oxygens (including phenoxy) is 1. The summed E-state index contributed by atoms with van der Waals surface area (Å²) in [7, 11) is 1.62. The van der Waals surface area contributed by atoms with E-state index in [9.17, 15) is 4.79 Å². The van der Waals surface area contributed by atoms with Crippen molar-refractivity contribution in [3.63, 3.8) is 0 Å². The van der Waals surface area contributed by atoms with Crippen molar-refractivity contribution in [2.75, 3.05) is 12.4 Å². The summed E-state index contributed by atoms with van der Waals surface area (Å²) in [6.07, 6.45) is 1.91. The van der Waals surface area contributed by atoms with Gasteiger partial charge in [0.1, 0.15) is 5.75 Å². The normalized spacial score (nSPS) is 11.1. The molecule has 0 aliphatic carbocycles. The van der Waals surface area contributed by atoms with Gasteiger partial charge < -0.3 is 10.1 Å². The van der Waals surface area contributed by atoms with E-state index in [-0.39, 0.29) is 5.91 Å². The number of carbonyl (C=O) groups is 1. The zero-order valence-electron chi connectivity index (χ0n) is 14.9. The van der Waals surface area contributed by atoms with Gasteiger partial charge in [0.05, 0.1) is 7.11 Å². The highest BCUT2D eigenvalue weighted by Gasteiger charge is 2.13. The fourth-order valence-electron chi connectivity index (χ4n) is 2.60. The third kappa shape index (κ3) is 4.39. The highest BCUT2D eigenvalue weighted by molar-refractivity contribution is 6.29. The van der Waals surface area contributed by atoms with Crippen LogP contribution in [0.15, 0.2) is 78.9 Å². The standard InChI is InChI=1S/C23H21NO2/c1-17-8-10-19(11-9-17)22(16-18-6-4-3-5-7-18)23(25)24-20-12-14-21(26-2)15-13-20/h3-16H,1-2H3,(H,24,25)/b22-16+. The van der Waals surface area contributed by atoms with Crippen molar-refractivity contribution in [1.29, 1.82) is 0 Å². The molecule has 0 fully saturated rings. The lowest BCUT2D eigenvalue weighted by Crippen LogP contribution is -2.13. The van der Waals surface area contributed by atoms with Crippen LogP contribution in [0.3, 0.4) is 0 Å². The lowest BCUT2D eigenvalue weighted by molar-refractivity contribution is -0.111. The Morgan fingerprint density at radius 1 is 0.885 bits per heavy atom. The Labute approximate surface area is 154 Å². The summed E-state index contributed by atoms with van der Waals surface area (Å²) >= 11 is 0. The van der Waals surface area contributed by atoms with Gasteiger partial charge in [-0.3, -0.25) is 4.79 Å². The quantitative estimate of drug-likeness (QED) is 0.512. The molecule has 0 aromatic heterocycles. The van der Waals surface area contributed by atoms with Gasteiger partial charge >= 0.3 is 0 Å². The SMILES string of the molecule is COc1ccc(NC(=O)/C(=C/c2ccccc2)c2ccc(C)cc2)cc1. The number of anilines is 1. The van der Waals surface area contributed by atoms with Crippen molar-refractivity contribution in [2.24, 2.45) is 0 Å². The van der Waals surface area contributed by atoms with Gasteiger partial charge in [-0.05, 0) is 48.4 Å². The van der Waals surface area contributed by atoms with E-state index in [4.69, 9.17) is 4.74 Å². The van der Waals surface area contributed by atoms with Crippen LogP contribution in [0.5, 0.6) is 5.75 Å². The first-order valence-corrected chi connectivity index (χ1v) is 8.45. The molecular weight excluding hydrogens is 322 g/mol. The van der Waals surface area contributed by atoms with Crippen LogP contribution in [0.2, 0.25) is 0 Å². The maximum Gasteiger partial charge on any atom is 0.256 e. The maximum absolute atomic E-state index is 12.9. The van der Waals surface area contributed by atoms with Gasteiger partial charge in [-0.2, -0.15) is 0 Å². The van der Waals surface area contributed by atoms with Gasteiger partial charge in [0.2, 0.25) is 0 Å². The maximum atomic E-state index is 12.9. The molecular formula is C23H21NO2. The average molecular weight is 343 g/mol. The molecule has 0 radical (unpaired) electrons. The van der Waals surface area contributed by atoms with E-state index in [0.717, 1.165) is 28.1 Å². The number of methoxy groups -OCH3 is 1. The van der Waals surface area contributed by atoms with E-state index in [1.54, 1.807) is 7.11 Å². The molecule has 0 spiro atoms. The number of hydrogen-bond donors (Lipinski definition) is 1. The van der Waals surface area contributed by atoms with Gasteiger partial charge in [-0.25, -0.2) is 0 Å². The molecule has 0 saturated carbocycles. The molecule has 0 atom stereocenters. The van der Waals surface area contributed by atoms with Crippen molar-refractivity contribution >= 4 is 23.2 Å². The Balaban J connectivity index is 1.92. The second-order valence-corrected chi connectivity index (χ2v) is 6.02. The molecule has 0 unspecified atom stereocenters. The summed E-state index contributed by atoms with van der Waals surface area (Å²) in [4.78, 5) is 12.9. The van der Waals surface area contributed by atoms with Crippen LogP contribution in [0.25, 0.3) is 11.6 Å². The Bertz CT molecular complexity index is 895. The largest absolute Gasteiger partial charge is 0.497 e. The predicted octanol–water partition coefficient (Wildman–Crippen LogP) is 5.18. The zero-order valence-corrected chi connectivity index (χ0v) is 14.9. The summed E-state index contributed by atoms with van der Waals surface area (Å²) in [6.45, 7) is 2.03. The molecule has 130 valence electrons. The molecule has 26 heavy (non-hydrogen) atoms. The van der Waals surface area contributed by atoms with E-state index in [2.05, 4.69) is 5.32 Å². The number of nitrogens with one attached hydrogen (secondary N) is 1. The van der Waals surface area contributed by atoms with Crippen LogP contribution >= 0.6 is 0 Å². The van der Waals surface area contributed by atoms with E-state index in [0.29, 0.717) is 5.57 Å². The van der Waals surface area contributed by atoms with Crippen LogP contribution in [-0.2, 0) is 4.79 Å². The fourth-order valence-corrected chi connectivity index (χ4v) is 2.60. The number of carbonyl (C=O) groups excluding carboxylic acids is 1. The van der Waals surface area contributed by atoms with E-state index in [1.165, 1.54) is 0 Å². The smallest absolute Gasteiger partial charge is 0.256 e. The van der Waals surface area contributed by atoms with Crippen molar-refractivity contribution in [2.45, 2.75) is 6.92 Å². The Hall–Kier alpha value is -3.33. The van der Waals surface area contributed by atoms with Gasteiger partial charge in [0.25, 0.3) is 5.91 Å². The molecule has 3 aromatic rings. The van der Waals surface area contributed by atoms with Crippen LogP contribution < -0.4 is 10.1 Å². The van der Waals surface area contributed by atoms with Crippen molar-refractivity contribution < 1.29 is 9.53 Å². The van der Waals surface area contributed by atoms with Crippen LogP contribution in [-0.4, -0.2) is 13.0 Å². The third-order valence-electron chi connectivity index (χ3n) is 4.07. The first kappa shape index (κ1) is 17.5. The minimum absolute atomic E-state index is 0.150. The molecule has 3 nitrogen and oxygen atoms in total. The molecule has 0 aliphatic heterocycles. The number of hydrogen-bond acceptors (Lipinski definition) is 2. The van der Waals surface area contributed by atoms with E-state index in [1.807, 2.05) is 91.9 Å². The van der Waals surface area contributed by atoms with E-state index >= 15 is 0 Å².